The Balaban J connectivity index is 1.80. The van der Waals surface area contributed by atoms with Gasteiger partial charge in [0.15, 0.2) is 6.10 Å². The van der Waals surface area contributed by atoms with E-state index in [0.717, 1.165) is 26.1 Å². The Labute approximate surface area is 96.2 Å². The van der Waals surface area contributed by atoms with Crippen LogP contribution in [0.2, 0.25) is 0 Å². The first kappa shape index (κ1) is 11.1. The third-order valence-electron chi connectivity index (χ3n) is 2.85. The molecule has 84 valence electrons. The van der Waals surface area contributed by atoms with Crippen LogP contribution in [0.15, 0.2) is 30.3 Å². The van der Waals surface area contributed by atoms with Gasteiger partial charge in [-0.05, 0) is 12.0 Å². The first-order chi connectivity index (χ1) is 7.88. The number of benzene rings is 1. The van der Waals surface area contributed by atoms with Crippen molar-refractivity contribution < 1.29 is 4.74 Å². The fourth-order valence-electron chi connectivity index (χ4n) is 1.92. The first-order valence-corrected chi connectivity index (χ1v) is 5.66. The van der Waals surface area contributed by atoms with E-state index in [1.54, 1.807) is 0 Å². The summed E-state index contributed by atoms with van der Waals surface area (Å²) in [6, 6.07) is 12.6. The molecule has 1 unspecified atom stereocenters. The Morgan fingerprint density at radius 3 is 2.94 bits per heavy atom. The summed E-state index contributed by atoms with van der Waals surface area (Å²) >= 11 is 0. The Morgan fingerprint density at radius 2 is 2.19 bits per heavy atom. The molecule has 1 heterocycles. The molecule has 0 amide bonds. The minimum atomic E-state index is -0.246. The van der Waals surface area contributed by atoms with Gasteiger partial charge in [-0.25, -0.2) is 0 Å². The molecule has 0 N–H and O–H groups in total. The van der Waals surface area contributed by atoms with Gasteiger partial charge in [-0.1, -0.05) is 30.3 Å². The molecule has 0 aromatic heterocycles. The molecule has 3 nitrogen and oxygen atoms in total. The molecule has 0 bridgehead atoms. The number of hydrogen-bond acceptors (Lipinski definition) is 3. The van der Waals surface area contributed by atoms with E-state index in [-0.39, 0.29) is 6.10 Å². The van der Waals surface area contributed by atoms with Crippen LogP contribution in [0.5, 0.6) is 0 Å². The van der Waals surface area contributed by atoms with E-state index in [2.05, 4.69) is 35.2 Å². The van der Waals surface area contributed by atoms with Gasteiger partial charge in [0.1, 0.15) is 0 Å². The van der Waals surface area contributed by atoms with Crippen molar-refractivity contribution in [2.24, 2.45) is 0 Å². The quantitative estimate of drug-likeness (QED) is 0.767. The van der Waals surface area contributed by atoms with Crippen LogP contribution < -0.4 is 0 Å². The lowest BCUT2D eigenvalue weighted by Crippen LogP contribution is -2.42. The summed E-state index contributed by atoms with van der Waals surface area (Å²) in [4.78, 5) is 2.30. The van der Waals surface area contributed by atoms with Crippen molar-refractivity contribution in [2.45, 2.75) is 12.5 Å². The molecule has 1 saturated heterocycles. The summed E-state index contributed by atoms with van der Waals surface area (Å²) in [6.45, 7) is 3.35. The predicted octanol–water partition coefficient (Wildman–Crippen LogP) is 1.45. The van der Waals surface area contributed by atoms with Crippen molar-refractivity contribution in [3.8, 4) is 6.07 Å². The molecule has 0 saturated carbocycles. The maximum Gasteiger partial charge on any atom is 0.156 e. The van der Waals surface area contributed by atoms with E-state index in [4.69, 9.17) is 10.00 Å². The smallest absolute Gasteiger partial charge is 0.156 e. The molecule has 0 spiro atoms. The minimum absolute atomic E-state index is 0.246. The van der Waals surface area contributed by atoms with Gasteiger partial charge in [0.2, 0.25) is 0 Å². The number of nitrogens with zero attached hydrogens (tertiary/aromatic N) is 2. The summed E-state index contributed by atoms with van der Waals surface area (Å²) in [5, 5.41) is 8.79. The highest BCUT2D eigenvalue weighted by Crippen LogP contribution is 2.06. The summed E-state index contributed by atoms with van der Waals surface area (Å²) in [6.07, 6.45) is 0.795. The molecule has 1 aliphatic heterocycles. The molecule has 1 aromatic carbocycles. The van der Waals surface area contributed by atoms with Crippen LogP contribution in [0.3, 0.4) is 0 Å². The fraction of sp³-hybridized carbons (Fsp3) is 0.462. The van der Waals surface area contributed by atoms with E-state index < -0.39 is 0 Å². The van der Waals surface area contributed by atoms with Gasteiger partial charge >= 0.3 is 0 Å². The zero-order valence-corrected chi connectivity index (χ0v) is 9.30. The topological polar surface area (TPSA) is 36.3 Å². The van der Waals surface area contributed by atoms with Gasteiger partial charge in [0.05, 0.1) is 12.7 Å². The lowest BCUT2D eigenvalue weighted by Gasteiger charge is -2.29. The maximum absolute atomic E-state index is 8.79. The monoisotopic (exact) mass is 216 g/mol. The third kappa shape index (κ3) is 3.06. The molecule has 0 aliphatic carbocycles. The molecule has 1 aliphatic rings. The molecule has 2 rings (SSSR count). The predicted molar refractivity (Wildman–Crippen MR) is 61.9 cm³/mol. The number of hydrogen-bond donors (Lipinski definition) is 0. The Bertz CT molecular complexity index is 358. The van der Waals surface area contributed by atoms with E-state index >= 15 is 0 Å². The molecule has 16 heavy (non-hydrogen) atoms. The molecular weight excluding hydrogens is 200 g/mol. The van der Waals surface area contributed by atoms with E-state index in [1.165, 1.54) is 5.56 Å². The van der Waals surface area contributed by atoms with Crippen LogP contribution in [-0.4, -0.2) is 37.2 Å². The average molecular weight is 216 g/mol. The van der Waals surface area contributed by atoms with E-state index in [0.29, 0.717) is 6.61 Å². The molecule has 0 radical (unpaired) electrons. The van der Waals surface area contributed by atoms with Crippen molar-refractivity contribution in [1.82, 2.24) is 4.90 Å². The van der Waals surface area contributed by atoms with Gasteiger partial charge in [-0.15, -0.1) is 0 Å². The summed E-state index contributed by atoms with van der Waals surface area (Å²) in [5.41, 5.74) is 1.35. The van der Waals surface area contributed by atoms with Crippen LogP contribution in [-0.2, 0) is 11.2 Å². The molecule has 1 atom stereocenters. The van der Waals surface area contributed by atoms with Gasteiger partial charge in [-0.2, -0.15) is 5.26 Å². The van der Waals surface area contributed by atoms with E-state index in [1.807, 2.05) is 6.07 Å². The standard InChI is InChI=1S/C13H16N2O/c14-10-13-11-15(8-9-16-13)7-6-12-4-2-1-3-5-12/h1-5,13H,6-9,11H2. The summed E-state index contributed by atoms with van der Waals surface area (Å²) in [7, 11) is 0. The van der Waals surface area contributed by atoms with Crippen LogP contribution in [0, 0.1) is 11.3 Å². The highest BCUT2D eigenvalue weighted by Gasteiger charge is 2.19. The van der Waals surface area contributed by atoms with Crippen molar-refractivity contribution in [3.05, 3.63) is 35.9 Å². The average Bonchev–Trinajstić information content (AvgIpc) is 2.38. The van der Waals surface area contributed by atoms with Crippen molar-refractivity contribution in [2.75, 3.05) is 26.2 Å². The molecular formula is C13H16N2O. The zero-order valence-electron chi connectivity index (χ0n) is 9.30. The van der Waals surface area contributed by atoms with Gasteiger partial charge in [0.25, 0.3) is 0 Å². The van der Waals surface area contributed by atoms with Gasteiger partial charge in [0, 0.05) is 19.6 Å². The second-order valence-corrected chi connectivity index (χ2v) is 4.02. The van der Waals surface area contributed by atoms with Crippen LogP contribution in [0.4, 0.5) is 0 Å². The number of nitriles is 1. The lowest BCUT2D eigenvalue weighted by atomic mass is 10.1. The second-order valence-electron chi connectivity index (χ2n) is 4.02. The van der Waals surface area contributed by atoms with Crippen LogP contribution in [0.1, 0.15) is 5.56 Å². The Morgan fingerprint density at radius 1 is 1.38 bits per heavy atom. The SMILES string of the molecule is N#CC1CN(CCc2ccccc2)CCO1. The summed E-state index contributed by atoms with van der Waals surface area (Å²) in [5.74, 6) is 0. The summed E-state index contributed by atoms with van der Waals surface area (Å²) < 4.78 is 5.31. The fourth-order valence-corrected chi connectivity index (χ4v) is 1.92. The number of rotatable bonds is 3. The number of ether oxygens (including phenoxy) is 1. The Hall–Kier alpha value is -1.37. The van der Waals surface area contributed by atoms with Crippen molar-refractivity contribution in [3.63, 3.8) is 0 Å². The lowest BCUT2D eigenvalue weighted by molar-refractivity contribution is 0.00105. The normalized spacial score (nSPS) is 21.6. The molecule has 1 aromatic rings. The minimum Gasteiger partial charge on any atom is -0.361 e. The zero-order chi connectivity index (χ0) is 11.2. The van der Waals surface area contributed by atoms with E-state index in [9.17, 15) is 0 Å². The largest absolute Gasteiger partial charge is 0.361 e. The molecule has 3 heteroatoms. The third-order valence-corrected chi connectivity index (χ3v) is 2.85. The highest BCUT2D eigenvalue weighted by atomic mass is 16.5. The molecule has 1 fully saturated rings. The van der Waals surface area contributed by atoms with Crippen molar-refractivity contribution in [1.29, 1.82) is 5.26 Å². The van der Waals surface area contributed by atoms with Crippen LogP contribution >= 0.6 is 0 Å². The highest BCUT2D eigenvalue weighted by molar-refractivity contribution is 5.14. The Kier molecular flexibility index (Phi) is 3.92. The maximum atomic E-state index is 8.79. The first-order valence-electron chi connectivity index (χ1n) is 5.66. The second kappa shape index (κ2) is 5.64. The van der Waals surface area contributed by atoms with Gasteiger partial charge in [-0.3, -0.25) is 4.90 Å². The number of morpholine rings is 1. The van der Waals surface area contributed by atoms with Crippen molar-refractivity contribution >= 4 is 0 Å². The van der Waals surface area contributed by atoms with Gasteiger partial charge < -0.3 is 4.74 Å². The van der Waals surface area contributed by atoms with Crippen LogP contribution in [0.25, 0.3) is 0 Å².